The van der Waals surface area contributed by atoms with Crippen molar-refractivity contribution in [2.45, 2.75) is 0 Å². The molecule has 0 bridgehead atoms. The molecule has 4 aromatic carbocycles. The second-order valence-corrected chi connectivity index (χ2v) is 8.76. The summed E-state index contributed by atoms with van der Waals surface area (Å²) in [4.78, 5) is 37.9. The first-order valence-electron chi connectivity index (χ1n) is 11.4. The maximum atomic E-state index is 12.8. The number of esters is 2. The Bertz CT molecular complexity index is 1540. The topological polar surface area (TPSA) is 103 Å². The predicted octanol–water partition coefficient (Wildman–Crippen LogP) is 6.20. The van der Waals surface area contributed by atoms with Crippen molar-refractivity contribution in [2.75, 3.05) is 7.11 Å². The summed E-state index contributed by atoms with van der Waals surface area (Å²) in [5.74, 6) is -1.28. The Morgan fingerprint density at radius 1 is 0.744 bits per heavy atom. The van der Waals surface area contributed by atoms with E-state index in [1.807, 2.05) is 0 Å². The highest BCUT2D eigenvalue weighted by atomic mass is 35.5. The van der Waals surface area contributed by atoms with E-state index in [-0.39, 0.29) is 28.2 Å². The Kier molecular flexibility index (Phi) is 8.94. The number of hydrogen-bond donors (Lipinski definition) is 1. The van der Waals surface area contributed by atoms with E-state index >= 15 is 0 Å². The van der Waals surface area contributed by atoms with Crippen LogP contribution in [0.5, 0.6) is 17.2 Å². The number of methoxy groups -OCH3 is 1. The van der Waals surface area contributed by atoms with Gasteiger partial charge in [-0.05, 0) is 72.8 Å². The van der Waals surface area contributed by atoms with Gasteiger partial charge in [-0.25, -0.2) is 15.0 Å². The van der Waals surface area contributed by atoms with Gasteiger partial charge in [0.1, 0.15) is 17.2 Å². The van der Waals surface area contributed by atoms with Crippen molar-refractivity contribution in [3.05, 3.63) is 123 Å². The number of benzene rings is 4. The molecule has 0 spiro atoms. The summed E-state index contributed by atoms with van der Waals surface area (Å²) in [6.07, 6.45) is 1.29. The van der Waals surface area contributed by atoms with E-state index in [0.717, 1.165) is 0 Å². The van der Waals surface area contributed by atoms with Gasteiger partial charge in [0.05, 0.1) is 30.0 Å². The highest BCUT2D eigenvalue weighted by Crippen LogP contribution is 2.26. The van der Waals surface area contributed by atoms with E-state index in [2.05, 4.69) is 10.5 Å². The highest BCUT2D eigenvalue weighted by molar-refractivity contribution is 6.31. The van der Waals surface area contributed by atoms with Crippen molar-refractivity contribution in [3.8, 4) is 17.2 Å². The number of para-hydroxylation sites is 1. The monoisotopic (exact) mass is 562 g/mol. The average molecular weight is 563 g/mol. The summed E-state index contributed by atoms with van der Waals surface area (Å²) >= 11 is 11.8. The van der Waals surface area contributed by atoms with Crippen molar-refractivity contribution in [1.29, 1.82) is 0 Å². The molecule has 1 N–H and O–H groups in total. The molecule has 196 valence electrons. The number of nitrogens with one attached hydrogen (secondary N) is 1. The van der Waals surface area contributed by atoms with Crippen molar-refractivity contribution in [2.24, 2.45) is 5.10 Å². The van der Waals surface area contributed by atoms with E-state index in [4.69, 9.17) is 37.4 Å². The molecule has 0 heterocycles. The normalized spacial score (nSPS) is 10.6. The molecular formula is C29H20Cl2N2O6. The highest BCUT2D eigenvalue weighted by Gasteiger charge is 2.16. The molecule has 8 nitrogen and oxygen atoms in total. The van der Waals surface area contributed by atoms with Crippen LogP contribution in [0.4, 0.5) is 0 Å². The lowest BCUT2D eigenvalue weighted by molar-refractivity contribution is 0.0732. The molecule has 0 saturated heterocycles. The van der Waals surface area contributed by atoms with Gasteiger partial charge in [-0.15, -0.1) is 0 Å². The van der Waals surface area contributed by atoms with Gasteiger partial charge >= 0.3 is 11.9 Å². The number of amides is 1. The molecule has 0 saturated carbocycles. The minimum Gasteiger partial charge on any atom is -0.496 e. The largest absolute Gasteiger partial charge is 0.496 e. The van der Waals surface area contributed by atoms with Crippen LogP contribution in [0.1, 0.15) is 36.6 Å². The second-order valence-electron chi connectivity index (χ2n) is 7.89. The first-order chi connectivity index (χ1) is 18.8. The summed E-state index contributed by atoms with van der Waals surface area (Å²) in [6.45, 7) is 0. The number of ether oxygens (including phenoxy) is 3. The summed E-state index contributed by atoms with van der Waals surface area (Å²) < 4.78 is 16.2. The molecule has 0 aliphatic rings. The van der Waals surface area contributed by atoms with Crippen LogP contribution in [-0.2, 0) is 0 Å². The van der Waals surface area contributed by atoms with Crippen LogP contribution in [0.25, 0.3) is 0 Å². The van der Waals surface area contributed by atoms with E-state index in [9.17, 15) is 14.4 Å². The van der Waals surface area contributed by atoms with Gasteiger partial charge in [-0.1, -0.05) is 35.3 Å². The lowest BCUT2D eigenvalue weighted by atomic mass is 10.2. The van der Waals surface area contributed by atoms with Crippen LogP contribution in [-0.4, -0.2) is 31.2 Å². The molecule has 0 aliphatic heterocycles. The SMILES string of the molecule is COc1ccccc1C(=O)NN=Cc1ccc(OC(=O)c2ccc(Cl)cc2)cc1OC(=O)c1ccc(Cl)cc1. The lowest BCUT2D eigenvalue weighted by Crippen LogP contribution is -2.18. The van der Waals surface area contributed by atoms with E-state index in [1.165, 1.54) is 55.8 Å². The lowest BCUT2D eigenvalue weighted by Gasteiger charge is -2.11. The van der Waals surface area contributed by atoms with Crippen LogP contribution in [0.15, 0.2) is 96.1 Å². The van der Waals surface area contributed by atoms with Crippen LogP contribution in [0.2, 0.25) is 10.0 Å². The third kappa shape index (κ3) is 7.22. The Morgan fingerprint density at radius 2 is 1.33 bits per heavy atom. The second kappa shape index (κ2) is 12.7. The molecule has 4 aromatic rings. The Hall–Kier alpha value is -4.66. The molecule has 0 unspecified atom stereocenters. The zero-order chi connectivity index (χ0) is 27.8. The molecule has 10 heteroatoms. The molecular weight excluding hydrogens is 543 g/mol. The first kappa shape index (κ1) is 27.4. The van der Waals surface area contributed by atoms with Gasteiger partial charge in [0.2, 0.25) is 0 Å². The number of carbonyl (C=O) groups excluding carboxylic acids is 3. The molecule has 0 radical (unpaired) electrons. The Balaban J connectivity index is 1.57. The third-order valence-electron chi connectivity index (χ3n) is 5.28. The quantitative estimate of drug-likeness (QED) is 0.118. The summed E-state index contributed by atoms with van der Waals surface area (Å²) in [7, 11) is 1.46. The Labute approximate surface area is 233 Å². The zero-order valence-electron chi connectivity index (χ0n) is 20.4. The fourth-order valence-electron chi connectivity index (χ4n) is 3.32. The fourth-order valence-corrected chi connectivity index (χ4v) is 3.57. The summed E-state index contributed by atoms with van der Waals surface area (Å²) in [5, 5.41) is 4.92. The number of hydrazone groups is 1. The minimum atomic E-state index is -0.680. The Morgan fingerprint density at radius 3 is 1.95 bits per heavy atom. The van der Waals surface area contributed by atoms with E-state index in [0.29, 0.717) is 21.4 Å². The van der Waals surface area contributed by atoms with Crippen LogP contribution >= 0.6 is 23.2 Å². The molecule has 39 heavy (non-hydrogen) atoms. The molecule has 0 aromatic heterocycles. The fraction of sp³-hybridized carbons (Fsp3) is 0.0345. The predicted molar refractivity (Wildman–Crippen MR) is 147 cm³/mol. The average Bonchev–Trinajstić information content (AvgIpc) is 2.94. The van der Waals surface area contributed by atoms with Gasteiger partial charge in [0.25, 0.3) is 5.91 Å². The molecule has 0 fully saturated rings. The van der Waals surface area contributed by atoms with Crippen LogP contribution < -0.4 is 19.6 Å². The number of nitrogens with zero attached hydrogens (tertiary/aromatic N) is 1. The molecule has 1 amide bonds. The molecule has 4 rings (SSSR count). The van der Waals surface area contributed by atoms with E-state index in [1.54, 1.807) is 48.5 Å². The summed E-state index contributed by atoms with van der Waals surface area (Å²) in [6, 6.07) is 23.4. The first-order valence-corrected chi connectivity index (χ1v) is 12.2. The van der Waals surface area contributed by atoms with Gasteiger partial charge in [-0.2, -0.15) is 5.10 Å². The zero-order valence-corrected chi connectivity index (χ0v) is 21.9. The minimum absolute atomic E-state index is 0.0339. The summed E-state index contributed by atoms with van der Waals surface area (Å²) in [5.41, 5.74) is 3.55. The smallest absolute Gasteiger partial charge is 0.343 e. The van der Waals surface area contributed by atoms with Crippen molar-refractivity contribution >= 4 is 47.3 Å². The van der Waals surface area contributed by atoms with Crippen molar-refractivity contribution in [1.82, 2.24) is 5.43 Å². The standard InChI is InChI=1S/C29H20Cl2N2O6/c1-37-25-5-3-2-4-24(25)27(34)33-32-17-20-10-15-23(38-28(35)18-6-11-21(30)12-7-18)16-26(20)39-29(36)19-8-13-22(31)14-9-19/h2-17H,1H3,(H,33,34). The molecule has 0 atom stereocenters. The van der Waals surface area contributed by atoms with Crippen molar-refractivity contribution in [3.63, 3.8) is 0 Å². The number of hydrogen-bond acceptors (Lipinski definition) is 7. The van der Waals surface area contributed by atoms with Gasteiger partial charge in [-0.3, -0.25) is 4.79 Å². The van der Waals surface area contributed by atoms with Gasteiger partial charge in [0, 0.05) is 21.7 Å². The number of halogens is 2. The number of rotatable bonds is 8. The molecule has 0 aliphatic carbocycles. The third-order valence-corrected chi connectivity index (χ3v) is 5.78. The van der Waals surface area contributed by atoms with E-state index < -0.39 is 17.8 Å². The van der Waals surface area contributed by atoms with Crippen LogP contribution in [0.3, 0.4) is 0 Å². The maximum Gasteiger partial charge on any atom is 0.343 e. The maximum absolute atomic E-state index is 12.8. The van der Waals surface area contributed by atoms with Gasteiger partial charge < -0.3 is 14.2 Å². The van der Waals surface area contributed by atoms with Crippen molar-refractivity contribution < 1.29 is 28.6 Å². The van der Waals surface area contributed by atoms with Gasteiger partial charge in [0.15, 0.2) is 0 Å². The van der Waals surface area contributed by atoms with Crippen LogP contribution in [0, 0.1) is 0 Å². The number of carbonyl (C=O) groups is 3.